The molecule has 0 aromatic heterocycles. The molecule has 1 aliphatic heterocycles. The van der Waals surface area contributed by atoms with E-state index in [9.17, 15) is 4.79 Å². The molecule has 0 spiro atoms. The summed E-state index contributed by atoms with van der Waals surface area (Å²) in [5.74, 6) is 0.0987. The van der Waals surface area contributed by atoms with Crippen LogP contribution in [0.1, 0.15) is 40.0 Å². The third-order valence-electron chi connectivity index (χ3n) is 3.71. The van der Waals surface area contributed by atoms with Gasteiger partial charge in [0, 0.05) is 18.6 Å². The van der Waals surface area contributed by atoms with Crippen LogP contribution in [0.2, 0.25) is 0 Å². The van der Waals surface area contributed by atoms with Gasteiger partial charge in [-0.3, -0.25) is 9.69 Å². The summed E-state index contributed by atoms with van der Waals surface area (Å²) in [6.45, 7) is 8.89. The molecule has 0 aromatic rings. The van der Waals surface area contributed by atoms with Crippen molar-refractivity contribution in [3.8, 4) is 0 Å². The zero-order chi connectivity index (χ0) is 14.3. The lowest BCUT2D eigenvalue weighted by atomic mass is 10.0. The first-order chi connectivity index (χ1) is 8.96. The maximum Gasteiger partial charge on any atom is 0.234 e. The van der Waals surface area contributed by atoms with E-state index in [-0.39, 0.29) is 24.2 Å². The van der Waals surface area contributed by atoms with Crippen molar-refractivity contribution < 1.29 is 14.6 Å². The summed E-state index contributed by atoms with van der Waals surface area (Å²) < 4.78 is 5.51. The molecule has 5 heteroatoms. The van der Waals surface area contributed by atoms with E-state index in [2.05, 4.69) is 17.1 Å². The third kappa shape index (κ3) is 6.36. The monoisotopic (exact) mass is 272 g/mol. The number of carbonyl (C=O) groups excluding carboxylic acids is 1. The van der Waals surface area contributed by atoms with Crippen LogP contribution in [-0.2, 0) is 9.53 Å². The average molecular weight is 272 g/mol. The molecule has 112 valence electrons. The Kier molecular flexibility index (Phi) is 6.75. The maximum absolute atomic E-state index is 11.9. The third-order valence-corrected chi connectivity index (χ3v) is 3.71. The Bertz CT molecular complexity index is 274. The molecule has 0 aromatic carbocycles. The van der Waals surface area contributed by atoms with Crippen LogP contribution < -0.4 is 5.32 Å². The van der Waals surface area contributed by atoms with Crippen molar-refractivity contribution in [3.63, 3.8) is 0 Å². The predicted octanol–water partition coefficient (Wildman–Crippen LogP) is 0.765. The molecular weight excluding hydrogens is 244 g/mol. The van der Waals surface area contributed by atoms with Gasteiger partial charge in [0.15, 0.2) is 0 Å². The van der Waals surface area contributed by atoms with Crippen molar-refractivity contribution >= 4 is 5.91 Å². The number of hydrogen-bond acceptors (Lipinski definition) is 4. The molecule has 0 aliphatic carbocycles. The molecule has 1 fully saturated rings. The number of piperidine rings is 1. The summed E-state index contributed by atoms with van der Waals surface area (Å²) in [5.41, 5.74) is -0.125. The molecule has 5 nitrogen and oxygen atoms in total. The van der Waals surface area contributed by atoms with E-state index in [1.54, 1.807) is 0 Å². The number of aliphatic hydroxyl groups is 1. The number of nitrogens with one attached hydrogen (secondary N) is 1. The predicted molar refractivity (Wildman–Crippen MR) is 75.0 cm³/mol. The van der Waals surface area contributed by atoms with Gasteiger partial charge in [-0.05, 0) is 33.1 Å². The van der Waals surface area contributed by atoms with Gasteiger partial charge in [-0.1, -0.05) is 6.92 Å². The highest BCUT2D eigenvalue weighted by atomic mass is 16.5. The molecule has 1 aliphatic rings. The standard InChI is InChI=1S/C14H28N2O3/c1-4-14(2,3)15-13(18)11-16-7-5-12(6-8-16)19-10-9-17/h12,17H,4-11H2,1-3H3,(H,15,18). The summed E-state index contributed by atoms with van der Waals surface area (Å²) >= 11 is 0. The SMILES string of the molecule is CCC(C)(C)NC(=O)CN1CCC(OCCO)CC1. The molecular formula is C14H28N2O3. The van der Waals surface area contributed by atoms with Gasteiger partial charge in [-0.25, -0.2) is 0 Å². The lowest BCUT2D eigenvalue weighted by molar-refractivity contribution is -0.124. The normalized spacial score (nSPS) is 18.5. The van der Waals surface area contributed by atoms with E-state index in [4.69, 9.17) is 9.84 Å². The number of carbonyl (C=O) groups is 1. The second-order valence-electron chi connectivity index (χ2n) is 5.86. The van der Waals surface area contributed by atoms with Gasteiger partial charge in [-0.2, -0.15) is 0 Å². The van der Waals surface area contributed by atoms with Crippen LogP contribution in [0.5, 0.6) is 0 Å². The van der Waals surface area contributed by atoms with E-state index in [1.807, 2.05) is 13.8 Å². The Morgan fingerprint density at radius 3 is 2.58 bits per heavy atom. The summed E-state index contributed by atoms with van der Waals surface area (Å²) in [6, 6.07) is 0. The Balaban J connectivity index is 2.23. The van der Waals surface area contributed by atoms with Crippen LogP contribution in [0.15, 0.2) is 0 Å². The summed E-state index contributed by atoms with van der Waals surface area (Å²) in [4.78, 5) is 14.1. The topological polar surface area (TPSA) is 61.8 Å². The Hall–Kier alpha value is -0.650. The molecule has 1 heterocycles. The molecule has 0 unspecified atom stereocenters. The molecule has 2 N–H and O–H groups in total. The van der Waals surface area contributed by atoms with Gasteiger partial charge < -0.3 is 15.2 Å². The average Bonchev–Trinajstić information content (AvgIpc) is 2.37. The van der Waals surface area contributed by atoms with Crippen LogP contribution in [0, 0.1) is 0 Å². The second kappa shape index (κ2) is 7.82. The summed E-state index contributed by atoms with van der Waals surface area (Å²) in [7, 11) is 0. The number of ether oxygens (including phenoxy) is 1. The van der Waals surface area contributed by atoms with Gasteiger partial charge in [0.1, 0.15) is 0 Å². The highest BCUT2D eigenvalue weighted by molar-refractivity contribution is 5.78. The van der Waals surface area contributed by atoms with Gasteiger partial charge in [0.2, 0.25) is 5.91 Å². The van der Waals surface area contributed by atoms with Crippen molar-refractivity contribution in [3.05, 3.63) is 0 Å². The number of nitrogens with zero attached hydrogens (tertiary/aromatic N) is 1. The Labute approximate surface area is 116 Å². The quantitative estimate of drug-likeness (QED) is 0.718. The van der Waals surface area contributed by atoms with Crippen molar-refractivity contribution in [2.24, 2.45) is 0 Å². The first kappa shape index (κ1) is 16.4. The number of likely N-dealkylation sites (tertiary alicyclic amines) is 1. The summed E-state index contributed by atoms with van der Waals surface area (Å²) in [5, 5.41) is 11.8. The van der Waals surface area contributed by atoms with E-state index in [1.165, 1.54) is 0 Å². The number of hydrogen-bond donors (Lipinski definition) is 2. The van der Waals surface area contributed by atoms with Gasteiger partial charge in [-0.15, -0.1) is 0 Å². The van der Waals surface area contributed by atoms with Crippen LogP contribution in [0.3, 0.4) is 0 Å². The van der Waals surface area contributed by atoms with E-state index in [0.717, 1.165) is 32.4 Å². The Morgan fingerprint density at radius 2 is 2.05 bits per heavy atom. The molecule has 1 rings (SSSR count). The van der Waals surface area contributed by atoms with Crippen LogP contribution in [0.4, 0.5) is 0 Å². The first-order valence-electron chi connectivity index (χ1n) is 7.22. The fourth-order valence-electron chi connectivity index (χ4n) is 2.16. The lowest BCUT2D eigenvalue weighted by Crippen LogP contribution is -2.49. The van der Waals surface area contributed by atoms with Crippen molar-refractivity contribution in [1.29, 1.82) is 0 Å². The summed E-state index contributed by atoms with van der Waals surface area (Å²) in [6.07, 6.45) is 3.03. The minimum Gasteiger partial charge on any atom is -0.394 e. The van der Waals surface area contributed by atoms with Crippen LogP contribution in [0.25, 0.3) is 0 Å². The molecule has 19 heavy (non-hydrogen) atoms. The molecule has 0 radical (unpaired) electrons. The number of amides is 1. The van der Waals surface area contributed by atoms with Crippen LogP contribution in [-0.4, -0.2) is 60.4 Å². The zero-order valence-corrected chi connectivity index (χ0v) is 12.4. The first-order valence-corrected chi connectivity index (χ1v) is 7.22. The smallest absolute Gasteiger partial charge is 0.234 e. The van der Waals surface area contributed by atoms with E-state index in [0.29, 0.717) is 13.2 Å². The number of rotatable bonds is 7. The van der Waals surface area contributed by atoms with Crippen molar-refractivity contribution in [2.75, 3.05) is 32.8 Å². The second-order valence-corrected chi connectivity index (χ2v) is 5.86. The van der Waals surface area contributed by atoms with Crippen molar-refractivity contribution in [2.45, 2.75) is 51.7 Å². The highest BCUT2D eigenvalue weighted by Gasteiger charge is 2.23. The van der Waals surface area contributed by atoms with Crippen LogP contribution >= 0.6 is 0 Å². The van der Waals surface area contributed by atoms with Gasteiger partial charge in [0.05, 0.1) is 25.9 Å². The Morgan fingerprint density at radius 1 is 1.42 bits per heavy atom. The molecule has 1 amide bonds. The molecule has 1 saturated heterocycles. The largest absolute Gasteiger partial charge is 0.394 e. The van der Waals surface area contributed by atoms with Gasteiger partial charge in [0.25, 0.3) is 0 Å². The minimum absolute atomic E-state index is 0.0781. The zero-order valence-electron chi connectivity index (χ0n) is 12.4. The molecule has 0 saturated carbocycles. The molecule has 0 bridgehead atoms. The lowest BCUT2D eigenvalue weighted by Gasteiger charge is -2.32. The van der Waals surface area contributed by atoms with Gasteiger partial charge >= 0.3 is 0 Å². The fraction of sp³-hybridized carbons (Fsp3) is 0.929. The van der Waals surface area contributed by atoms with E-state index < -0.39 is 0 Å². The van der Waals surface area contributed by atoms with Crippen molar-refractivity contribution in [1.82, 2.24) is 10.2 Å². The minimum atomic E-state index is -0.125. The fourth-order valence-corrected chi connectivity index (χ4v) is 2.16. The molecule has 0 atom stereocenters. The number of aliphatic hydroxyl groups excluding tert-OH is 1. The van der Waals surface area contributed by atoms with E-state index >= 15 is 0 Å². The maximum atomic E-state index is 11.9. The highest BCUT2D eigenvalue weighted by Crippen LogP contribution is 2.13.